The maximum atomic E-state index is 2.77. The Bertz CT molecular complexity index is 846. The average Bonchev–Trinajstić information content (AvgIpc) is 3.38. The van der Waals surface area contributed by atoms with Crippen LogP contribution >= 0.6 is 0 Å². The molecule has 0 aromatic heterocycles. The van der Waals surface area contributed by atoms with Crippen LogP contribution in [0.15, 0.2) is 45.2 Å². The molecular formula is C30H46Si. The van der Waals surface area contributed by atoms with E-state index in [4.69, 9.17) is 0 Å². The molecule has 170 valence electrons. The van der Waals surface area contributed by atoms with E-state index in [-0.39, 0.29) is 0 Å². The van der Waals surface area contributed by atoms with Gasteiger partial charge in [-0.25, -0.2) is 0 Å². The van der Waals surface area contributed by atoms with E-state index in [0.717, 1.165) is 29.2 Å². The van der Waals surface area contributed by atoms with Crippen molar-refractivity contribution in [3.8, 4) is 0 Å². The SMILES string of the molecule is CC1CCC(C(C)C)C(C2=C([Si](C)(C)C3CCCC4=C3CC3=C4CCCC3)CC=C2)C1. The fourth-order valence-corrected chi connectivity index (χ4v) is 12.6. The van der Waals surface area contributed by atoms with Crippen molar-refractivity contribution in [2.75, 3.05) is 0 Å². The van der Waals surface area contributed by atoms with Crippen LogP contribution in [0.4, 0.5) is 0 Å². The number of hydrogen-bond acceptors (Lipinski definition) is 0. The third-order valence-corrected chi connectivity index (χ3v) is 14.5. The molecule has 0 saturated heterocycles. The highest BCUT2D eigenvalue weighted by Crippen LogP contribution is 2.56. The lowest BCUT2D eigenvalue weighted by molar-refractivity contribution is 0.172. The van der Waals surface area contributed by atoms with Crippen LogP contribution in [0.1, 0.15) is 97.8 Å². The van der Waals surface area contributed by atoms with E-state index < -0.39 is 8.07 Å². The van der Waals surface area contributed by atoms with Crippen molar-refractivity contribution < 1.29 is 0 Å². The van der Waals surface area contributed by atoms with Crippen molar-refractivity contribution in [1.82, 2.24) is 0 Å². The summed E-state index contributed by atoms with van der Waals surface area (Å²) >= 11 is 0. The van der Waals surface area contributed by atoms with Crippen molar-refractivity contribution in [3.05, 3.63) is 45.2 Å². The Kier molecular flexibility index (Phi) is 6.04. The molecule has 1 fully saturated rings. The van der Waals surface area contributed by atoms with E-state index in [2.05, 4.69) is 46.0 Å². The summed E-state index contributed by atoms with van der Waals surface area (Å²) in [5.41, 5.74) is 10.3. The summed E-state index contributed by atoms with van der Waals surface area (Å²) in [6.07, 6.45) is 22.1. The van der Waals surface area contributed by atoms with Crippen molar-refractivity contribution in [2.24, 2.45) is 23.7 Å². The molecule has 0 amide bonds. The summed E-state index contributed by atoms with van der Waals surface area (Å²) in [5, 5.41) is 1.96. The first-order chi connectivity index (χ1) is 14.9. The molecule has 4 atom stereocenters. The van der Waals surface area contributed by atoms with Gasteiger partial charge in [0.05, 0.1) is 8.07 Å². The highest BCUT2D eigenvalue weighted by Gasteiger charge is 2.45. The summed E-state index contributed by atoms with van der Waals surface area (Å²) in [5.74, 6) is 3.45. The maximum Gasteiger partial charge on any atom is 0.0833 e. The minimum Gasteiger partial charge on any atom is -0.0806 e. The van der Waals surface area contributed by atoms with Gasteiger partial charge in [-0.3, -0.25) is 0 Å². The number of allylic oxidation sites excluding steroid dienone is 8. The van der Waals surface area contributed by atoms with Crippen LogP contribution in [0.3, 0.4) is 0 Å². The molecule has 1 heteroatoms. The average molecular weight is 435 g/mol. The van der Waals surface area contributed by atoms with Gasteiger partial charge in [0.1, 0.15) is 0 Å². The molecule has 5 rings (SSSR count). The van der Waals surface area contributed by atoms with Gasteiger partial charge in [0.15, 0.2) is 0 Å². The summed E-state index contributed by atoms with van der Waals surface area (Å²) in [6.45, 7) is 13.0. The highest BCUT2D eigenvalue weighted by atomic mass is 28.3. The second kappa shape index (κ2) is 8.51. The standard InChI is InChI=1S/C30H46Si/c1-20(2)23-17-16-21(3)18-27(23)26-13-9-14-29(26)31(4,5)30-15-8-12-25-24-11-7-6-10-22(24)19-28(25)30/h9,13,20-21,23,27,30H,6-8,10-12,14-19H2,1-5H3. The smallest absolute Gasteiger partial charge is 0.0806 e. The molecule has 31 heavy (non-hydrogen) atoms. The fraction of sp³-hybridized carbons (Fsp3) is 0.733. The van der Waals surface area contributed by atoms with Gasteiger partial charge in [0, 0.05) is 0 Å². The van der Waals surface area contributed by atoms with Crippen molar-refractivity contribution in [1.29, 1.82) is 0 Å². The zero-order chi connectivity index (χ0) is 21.8. The zero-order valence-corrected chi connectivity index (χ0v) is 22.0. The second-order valence-electron chi connectivity index (χ2n) is 12.6. The Labute approximate surface area is 193 Å². The molecule has 0 N–H and O–H groups in total. The molecule has 0 aliphatic heterocycles. The molecule has 4 unspecified atom stereocenters. The minimum absolute atomic E-state index is 0.819. The summed E-state index contributed by atoms with van der Waals surface area (Å²) < 4.78 is 0. The van der Waals surface area contributed by atoms with Gasteiger partial charge in [-0.05, 0) is 117 Å². The van der Waals surface area contributed by atoms with E-state index in [1.165, 1.54) is 77.0 Å². The van der Waals surface area contributed by atoms with Crippen molar-refractivity contribution in [3.63, 3.8) is 0 Å². The molecule has 0 spiro atoms. The van der Waals surface area contributed by atoms with Crippen molar-refractivity contribution >= 4 is 8.07 Å². The fourth-order valence-electron chi connectivity index (χ4n) is 8.43. The van der Waals surface area contributed by atoms with Crippen LogP contribution < -0.4 is 0 Å². The van der Waals surface area contributed by atoms with Gasteiger partial charge >= 0.3 is 0 Å². The van der Waals surface area contributed by atoms with Gasteiger partial charge in [-0.15, -0.1) is 0 Å². The predicted molar refractivity (Wildman–Crippen MR) is 138 cm³/mol. The monoisotopic (exact) mass is 434 g/mol. The van der Waals surface area contributed by atoms with Crippen LogP contribution in [0.5, 0.6) is 0 Å². The molecule has 1 saturated carbocycles. The Balaban J connectivity index is 1.49. The maximum absolute atomic E-state index is 2.77. The second-order valence-corrected chi connectivity index (χ2v) is 17.4. The van der Waals surface area contributed by atoms with Gasteiger partial charge in [0.25, 0.3) is 0 Å². The van der Waals surface area contributed by atoms with Crippen LogP contribution in [0.2, 0.25) is 18.6 Å². The van der Waals surface area contributed by atoms with Crippen LogP contribution in [0.25, 0.3) is 0 Å². The quantitative estimate of drug-likeness (QED) is 0.387. The molecule has 5 aliphatic carbocycles. The van der Waals surface area contributed by atoms with E-state index in [0.29, 0.717) is 0 Å². The molecule has 0 bridgehead atoms. The van der Waals surface area contributed by atoms with E-state index in [9.17, 15) is 0 Å². The van der Waals surface area contributed by atoms with Gasteiger partial charge in [-0.2, -0.15) is 0 Å². The molecule has 0 heterocycles. The van der Waals surface area contributed by atoms with E-state index >= 15 is 0 Å². The Morgan fingerprint density at radius 3 is 2.52 bits per heavy atom. The molecule has 5 aliphatic rings. The lowest BCUT2D eigenvalue weighted by Gasteiger charge is -2.43. The molecule has 0 aromatic carbocycles. The van der Waals surface area contributed by atoms with Crippen LogP contribution in [0, 0.1) is 23.7 Å². The number of rotatable bonds is 4. The van der Waals surface area contributed by atoms with Crippen LogP contribution in [-0.4, -0.2) is 8.07 Å². The predicted octanol–water partition coefficient (Wildman–Crippen LogP) is 9.32. The van der Waals surface area contributed by atoms with E-state index in [1.54, 1.807) is 0 Å². The Morgan fingerprint density at radius 1 is 0.935 bits per heavy atom. The third-order valence-electron chi connectivity index (χ3n) is 10.1. The summed E-state index contributed by atoms with van der Waals surface area (Å²) in [7, 11) is -1.52. The lowest BCUT2D eigenvalue weighted by atomic mass is 9.67. The van der Waals surface area contributed by atoms with Gasteiger partial charge in [0.2, 0.25) is 0 Å². The first kappa shape index (κ1) is 22.0. The first-order valence-electron chi connectivity index (χ1n) is 13.7. The molecular weight excluding hydrogens is 388 g/mol. The largest absolute Gasteiger partial charge is 0.0833 e. The minimum atomic E-state index is -1.52. The zero-order valence-electron chi connectivity index (χ0n) is 21.0. The summed E-state index contributed by atoms with van der Waals surface area (Å²) in [4.78, 5) is 0. The van der Waals surface area contributed by atoms with Crippen molar-refractivity contribution in [2.45, 2.75) is 116 Å². The Morgan fingerprint density at radius 2 is 1.71 bits per heavy atom. The van der Waals surface area contributed by atoms with Gasteiger partial charge < -0.3 is 0 Å². The highest BCUT2D eigenvalue weighted by molar-refractivity contribution is 6.86. The normalized spacial score (nSPS) is 34.1. The lowest BCUT2D eigenvalue weighted by Crippen LogP contribution is -2.39. The molecule has 0 nitrogen and oxygen atoms in total. The van der Waals surface area contributed by atoms with E-state index in [1.807, 2.05) is 33.1 Å². The Hall–Kier alpha value is -0.823. The van der Waals surface area contributed by atoms with Crippen LogP contribution in [-0.2, 0) is 0 Å². The van der Waals surface area contributed by atoms with Gasteiger partial charge in [-0.1, -0.05) is 68.8 Å². The number of fused-ring (bicyclic) bond motifs is 1. The first-order valence-corrected chi connectivity index (χ1v) is 16.8. The number of hydrogen-bond donors (Lipinski definition) is 0. The summed E-state index contributed by atoms with van der Waals surface area (Å²) in [6, 6.07) is 0. The molecule has 0 radical (unpaired) electrons. The topological polar surface area (TPSA) is 0 Å². The third kappa shape index (κ3) is 3.81. The molecule has 0 aromatic rings.